The van der Waals surface area contributed by atoms with Crippen LogP contribution in [-0.4, -0.2) is 13.4 Å². The lowest BCUT2D eigenvalue weighted by Crippen LogP contribution is -2.77. The third-order valence-electron chi connectivity index (χ3n) is 9.20. The van der Waals surface area contributed by atoms with Gasteiger partial charge in [-0.1, -0.05) is 104 Å². The van der Waals surface area contributed by atoms with Crippen molar-refractivity contribution in [1.82, 2.24) is 0 Å². The SMILES string of the molecule is CC1(C)c2ccccc2N2c3cccc4c3B(c3cccc5c3B4c3ccccc3O5)c3cccc1c32. The molecule has 2 nitrogen and oxygen atoms in total. The van der Waals surface area contributed by atoms with Gasteiger partial charge in [-0.3, -0.25) is 0 Å². The van der Waals surface area contributed by atoms with Crippen LogP contribution in [0.4, 0.5) is 17.1 Å². The minimum atomic E-state index is -0.0804. The average Bonchev–Trinajstić information content (AvgIpc) is 2.93. The van der Waals surface area contributed by atoms with Crippen molar-refractivity contribution in [3.05, 3.63) is 114 Å². The summed E-state index contributed by atoms with van der Waals surface area (Å²) in [6.07, 6.45) is 0. The first kappa shape index (κ1) is 20.0. The first-order valence-corrected chi connectivity index (χ1v) is 13.2. The van der Waals surface area contributed by atoms with Gasteiger partial charge in [0.15, 0.2) is 0 Å². The van der Waals surface area contributed by atoms with Crippen LogP contribution in [0.3, 0.4) is 0 Å². The molecule has 0 spiro atoms. The van der Waals surface area contributed by atoms with Crippen molar-refractivity contribution in [3.63, 3.8) is 0 Å². The van der Waals surface area contributed by atoms with E-state index in [0.29, 0.717) is 0 Å². The lowest BCUT2D eigenvalue weighted by molar-refractivity contribution is 0.488. The Hall–Kier alpha value is -4.17. The maximum absolute atomic E-state index is 6.51. The van der Waals surface area contributed by atoms with Gasteiger partial charge in [-0.05, 0) is 57.2 Å². The van der Waals surface area contributed by atoms with Crippen LogP contribution in [0, 0.1) is 0 Å². The van der Waals surface area contributed by atoms with Crippen molar-refractivity contribution in [2.45, 2.75) is 19.3 Å². The minimum Gasteiger partial charge on any atom is -0.458 e. The molecule has 0 aliphatic carbocycles. The van der Waals surface area contributed by atoms with E-state index in [2.05, 4.69) is 122 Å². The summed E-state index contributed by atoms with van der Waals surface area (Å²) in [5, 5.41) is 0. The lowest BCUT2D eigenvalue weighted by atomic mass is 9.20. The number of anilines is 3. The minimum absolute atomic E-state index is 0.0804. The summed E-state index contributed by atoms with van der Waals surface area (Å²) in [5.41, 5.74) is 14.9. The molecule has 0 bridgehead atoms. The predicted molar refractivity (Wildman–Crippen MR) is 156 cm³/mol. The molecule has 4 aliphatic rings. The molecular formula is C33H23B2NO. The van der Waals surface area contributed by atoms with Crippen molar-refractivity contribution in [2.24, 2.45) is 0 Å². The molecule has 4 heteroatoms. The van der Waals surface area contributed by atoms with Gasteiger partial charge in [0.2, 0.25) is 13.4 Å². The highest BCUT2D eigenvalue weighted by atomic mass is 16.5. The Labute approximate surface area is 217 Å². The van der Waals surface area contributed by atoms with Crippen molar-refractivity contribution >= 4 is 63.3 Å². The summed E-state index contributed by atoms with van der Waals surface area (Å²) in [7, 11) is 0. The van der Waals surface area contributed by atoms with Gasteiger partial charge in [0.1, 0.15) is 11.5 Å². The fourth-order valence-electron chi connectivity index (χ4n) is 7.69. The molecule has 0 amide bonds. The van der Waals surface area contributed by atoms with E-state index >= 15 is 0 Å². The third-order valence-corrected chi connectivity index (χ3v) is 9.20. The highest BCUT2D eigenvalue weighted by Crippen LogP contribution is 2.52. The maximum atomic E-state index is 6.51. The van der Waals surface area contributed by atoms with E-state index in [4.69, 9.17) is 4.74 Å². The van der Waals surface area contributed by atoms with E-state index < -0.39 is 0 Å². The van der Waals surface area contributed by atoms with Crippen molar-refractivity contribution in [2.75, 3.05) is 4.90 Å². The zero-order valence-corrected chi connectivity index (χ0v) is 20.8. The van der Waals surface area contributed by atoms with Crippen LogP contribution < -0.4 is 42.4 Å². The van der Waals surface area contributed by atoms with E-state index in [-0.39, 0.29) is 18.8 Å². The first-order chi connectivity index (χ1) is 18.1. The summed E-state index contributed by atoms with van der Waals surface area (Å²) in [4.78, 5) is 2.56. The molecule has 172 valence electrons. The number of rotatable bonds is 0. The molecule has 0 unspecified atom stereocenters. The number of benzene rings is 5. The molecule has 0 atom stereocenters. The first-order valence-electron chi connectivity index (χ1n) is 13.2. The van der Waals surface area contributed by atoms with Gasteiger partial charge in [0, 0.05) is 16.8 Å². The Bertz CT molecular complexity index is 1820. The van der Waals surface area contributed by atoms with Gasteiger partial charge < -0.3 is 9.64 Å². The normalized spacial score (nSPS) is 16.1. The average molecular weight is 471 g/mol. The second-order valence-corrected chi connectivity index (χ2v) is 11.3. The third kappa shape index (κ3) is 2.26. The van der Waals surface area contributed by atoms with Crippen LogP contribution in [-0.2, 0) is 5.41 Å². The lowest BCUT2D eigenvalue weighted by Gasteiger charge is -2.49. The van der Waals surface area contributed by atoms with Gasteiger partial charge in [-0.25, -0.2) is 0 Å². The van der Waals surface area contributed by atoms with Crippen LogP contribution in [0.5, 0.6) is 11.5 Å². The molecule has 4 aliphatic heterocycles. The Morgan fingerprint density at radius 2 is 1.14 bits per heavy atom. The number of para-hydroxylation sites is 3. The topological polar surface area (TPSA) is 12.5 Å². The highest BCUT2D eigenvalue weighted by Gasteiger charge is 2.50. The van der Waals surface area contributed by atoms with Crippen LogP contribution >= 0.6 is 0 Å². The number of hydrogen-bond acceptors (Lipinski definition) is 2. The zero-order chi connectivity index (χ0) is 24.5. The van der Waals surface area contributed by atoms with Gasteiger partial charge in [-0.2, -0.15) is 0 Å². The van der Waals surface area contributed by atoms with E-state index in [1.165, 1.54) is 61.0 Å². The molecule has 4 heterocycles. The van der Waals surface area contributed by atoms with Gasteiger partial charge in [0.05, 0.1) is 5.69 Å². The summed E-state index contributed by atoms with van der Waals surface area (Å²) in [6.45, 7) is 5.09. The van der Waals surface area contributed by atoms with E-state index in [1.54, 1.807) is 0 Å². The van der Waals surface area contributed by atoms with E-state index in [0.717, 1.165) is 11.5 Å². The van der Waals surface area contributed by atoms with Gasteiger partial charge >= 0.3 is 0 Å². The van der Waals surface area contributed by atoms with Crippen molar-refractivity contribution in [3.8, 4) is 11.5 Å². The van der Waals surface area contributed by atoms with Gasteiger partial charge in [-0.15, -0.1) is 0 Å². The molecule has 9 rings (SSSR count). The number of nitrogens with zero attached hydrogens (tertiary/aromatic N) is 1. The molecule has 0 saturated carbocycles. The quantitative estimate of drug-likeness (QED) is 0.314. The fourth-order valence-corrected chi connectivity index (χ4v) is 7.69. The Morgan fingerprint density at radius 1 is 0.541 bits per heavy atom. The zero-order valence-electron chi connectivity index (χ0n) is 20.8. The second-order valence-electron chi connectivity index (χ2n) is 11.3. The number of fused-ring (bicyclic) bond motifs is 8. The van der Waals surface area contributed by atoms with Crippen LogP contribution in [0.15, 0.2) is 103 Å². The standard InChI is InChI=1S/C33H23B2NO/c1-33(2)20-10-3-5-16-26(20)36-27-17-8-13-23-30(27)35(25-15-7-11-21(33)32(25)36)24-14-9-19-29-31(24)34(23)22-12-4-6-18-28(22)37-29/h3-19H,1-2H3. The van der Waals surface area contributed by atoms with Gasteiger partial charge in [0.25, 0.3) is 0 Å². The summed E-state index contributed by atoms with van der Waals surface area (Å²) in [5.74, 6) is 1.96. The van der Waals surface area contributed by atoms with Crippen LogP contribution in [0.2, 0.25) is 0 Å². The predicted octanol–water partition coefficient (Wildman–Crippen LogP) is 3.56. The molecule has 0 fully saturated rings. The van der Waals surface area contributed by atoms with Crippen LogP contribution in [0.1, 0.15) is 25.0 Å². The smallest absolute Gasteiger partial charge is 0.249 e. The molecule has 0 radical (unpaired) electrons. The van der Waals surface area contributed by atoms with E-state index in [9.17, 15) is 0 Å². The number of hydrogen-bond donors (Lipinski definition) is 0. The molecule has 5 aromatic rings. The molecular weight excluding hydrogens is 448 g/mol. The largest absolute Gasteiger partial charge is 0.458 e. The fraction of sp³-hybridized carbons (Fsp3) is 0.0909. The molecule has 0 N–H and O–H groups in total. The molecule has 0 saturated heterocycles. The summed E-state index contributed by atoms with van der Waals surface area (Å²) < 4.78 is 6.51. The second kappa shape index (κ2) is 6.58. The Morgan fingerprint density at radius 3 is 2.05 bits per heavy atom. The number of ether oxygens (including phenoxy) is 1. The molecule has 0 aromatic heterocycles. The summed E-state index contributed by atoms with van der Waals surface area (Å²) >= 11 is 0. The van der Waals surface area contributed by atoms with Crippen LogP contribution in [0.25, 0.3) is 0 Å². The maximum Gasteiger partial charge on any atom is 0.249 e. The van der Waals surface area contributed by atoms with Crippen molar-refractivity contribution in [1.29, 1.82) is 0 Å². The Kier molecular flexibility index (Phi) is 3.55. The Balaban J connectivity index is 1.44. The molecule has 37 heavy (non-hydrogen) atoms. The monoisotopic (exact) mass is 471 g/mol. The van der Waals surface area contributed by atoms with Crippen molar-refractivity contribution < 1.29 is 4.74 Å². The highest BCUT2D eigenvalue weighted by molar-refractivity contribution is 7.13. The summed E-state index contributed by atoms with van der Waals surface area (Å²) in [6, 6.07) is 38.1. The molecule has 5 aromatic carbocycles. The van der Waals surface area contributed by atoms with E-state index in [1.807, 2.05) is 0 Å².